The van der Waals surface area contributed by atoms with Gasteiger partial charge in [0.1, 0.15) is 5.25 Å². The second-order valence-electron chi connectivity index (χ2n) is 4.88. The van der Waals surface area contributed by atoms with Crippen molar-refractivity contribution in [2.45, 2.75) is 11.3 Å². The zero-order valence-electron chi connectivity index (χ0n) is 10.2. The van der Waals surface area contributed by atoms with Gasteiger partial charge in [0.2, 0.25) is 0 Å². The second-order valence-corrected chi connectivity index (χ2v) is 7.04. The smallest absolute Gasteiger partial charge is 0.160 e. The van der Waals surface area contributed by atoms with Crippen LogP contribution >= 0.6 is 0 Å². The van der Waals surface area contributed by atoms with Crippen LogP contribution in [0.25, 0.3) is 0 Å². The Morgan fingerprint density at radius 3 is 2.39 bits per heavy atom. The van der Waals surface area contributed by atoms with Crippen LogP contribution in [0.5, 0.6) is 0 Å². The Morgan fingerprint density at radius 1 is 1.11 bits per heavy atom. The Morgan fingerprint density at radius 2 is 1.78 bits per heavy atom. The summed E-state index contributed by atoms with van der Waals surface area (Å²) in [4.78, 5) is 2.25. The van der Waals surface area contributed by atoms with E-state index in [1.807, 2.05) is 30.3 Å². The Kier molecular flexibility index (Phi) is 3.13. The largest absolute Gasteiger partial charge is 0.379 e. The summed E-state index contributed by atoms with van der Waals surface area (Å²) < 4.78 is 29.3. The summed E-state index contributed by atoms with van der Waals surface area (Å²) in [7, 11) is -2.96. The Bertz CT molecular complexity index is 508. The number of sulfone groups is 1. The maximum atomic E-state index is 12.0. The van der Waals surface area contributed by atoms with Gasteiger partial charge in [0.05, 0.1) is 19.0 Å². The van der Waals surface area contributed by atoms with E-state index in [1.54, 1.807) is 0 Å². The summed E-state index contributed by atoms with van der Waals surface area (Å²) in [5.41, 5.74) is 0.917. The molecule has 2 fully saturated rings. The zero-order valence-corrected chi connectivity index (χ0v) is 11.0. The summed E-state index contributed by atoms with van der Waals surface area (Å²) in [5.74, 6) is 0.284. The molecule has 5 heteroatoms. The van der Waals surface area contributed by atoms with Crippen molar-refractivity contribution in [3.05, 3.63) is 35.9 Å². The molecule has 98 valence electrons. The summed E-state index contributed by atoms with van der Waals surface area (Å²) in [5, 5.41) is -0.350. The van der Waals surface area contributed by atoms with E-state index in [4.69, 9.17) is 4.74 Å². The highest BCUT2D eigenvalue weighted by Gasteiger charge is 2.49. The molecule has 2 heterocycles. The molecule has 0 bridgehead atoms. The molecule has 1 aromatic carbocycles. The molecule has 0 amide bonds. The van der Waals surface area contributed by atoms with Gasteiger partial charge in [0.15, 0.2) is 9.84 Å². The van der Waals surface area contributed by atoms with Crippen molar-refractivity contribution in [3.63, 3.8) is 0 Å². The topological polar surface area (TPSA) is 46.6 Å². The molecule has 0 spiro atoms. The molecule has 1 aromatic rings. The predicted octanol–water partition coefficient (Wildman–Crippen LogP) is 0.857. The SMILES string of the molecule is O=S1(=O)C[C@H](N2CCOCC2)[C@H]1c1ccccc1. The molecule has 0 aromatic heterocycles. The highest BCUT2D eigenvalue weighted by Crippen LogP contribution is 2.39. The van der Waals surface area contributed by atoms with Crippen LogP contribution in [-0.2, 0) is 14.6 Å². The van der Waals surface area contributed by atoms with Gasteiger partial charge in [-0.05, 0) is 5.56 Å². The van der Waals surface area contributed by atoms with E-state index in [9.17, 15) is 8.42 Å². The minimum Gasteiger partial charge on any atom is -0.379 e. The normalized spacial score (nSPS) is 31.8. The molecule has 2 atom stereocenters. The van der Waals surface area contributed by atoms with Crippen molar-refractivity contribution < 1.29 is 13.2 Å². The molecular weight excluding hydrogens is 250 g/mol. The van der Waals surface area contributed by atoms with Crippen LogP contribution < -0.4 is 0 Å². The van der Waals surface area contributed by atoms with Gasteiger partial charge >= 0.3 is 0 Å². The lowest BCUT2D eigenvalue weighted by atomic mass is 10.0. The maximum Gasteiger partial charge on any atom is 0.160 e. The first-order chi connectivity index (χ1) is 8.68. The number of rotatable bonds is 2. The molecule has 0 unspecified atom stereocenters. The Labute approximate surface area is 107 Å². The monoisotopic (exact) mass is 267 g/mol. The molecular formula is C13H17NO3S. The van der Waals surface area contributed by atoms with Gasteiger partial charge in [-0.25, -0.2) is 8.42 Å². The van der Waals surface area contributed by atoms with Gasteiger partial charge in [-0.3, -0.25) is 4.90 Å². The lowest BCUT2D eigenvalue weighted by molar-refractivity contribution is 0.0163. The third kappa shape index (κ3) is 2.06. The molecule has 0 radical (unpaired) electrons. The first-order valence-electron chi connectivity index (χ1n) is 6.27. The molecule has 0 N–H and O–H groups in total. The van der Waals surface area contributed by atoms with Crippen LogP contribution in [0.2, 0.25) is 0 Å². The minimum absolute atomic E-state index is 0.126. The molecule has 2 aliphatic rings. The van der Waals surface area contributed by atoms with E-state index >= 15 is 0 Å². The number of benzene rings is 1. The Balaban J connectivity index is 1.84. The fraction of sp³-hybridized carbons (Fsp3) is 0.538. The van der Waals surface area contributed by atoms with Gasteiger partial charge in [-0.15, -0.1) is 0 Å². The fourth-order valence-corrected chi connectivity index (χ4v) is 4.87. The highest BCUT2D eigenvalue weighted by molar-refractivity contribution is 7.93. The number of ether oxygens (including phenoxy) is 1. The number of hydrogen-bond donors (Lipinski definition) is 0. The predicted molar refractivity (Wildman–Crippen MR) is 69.1 cm³/mol. The van der Waals surface area contributed by atoms with E-state index < -0.39 is 9.84 Å². The summed E-state index contributed by atoms with van der Waals surface area (Å²) in [6.07, 6.45) is 0. The fourth-order valence-electron chi connectivity index (χ4n) is 2.82. The maximum absolute atomic E-state index is 12.0. The molecule has 2 aliphatic heterocycles. The molecule has 0 saturated carbocycles. The third-order valence-electron chi connectivity index (χ3n) is 3.78. The molecule has 18 heavy (non-hydrogen) atoms. The third-order valence-corrected chi connectivity index (χ3v) is 5.95. The van der Waals surface area contributed by atoms with E-state index in [2.05, 4.69) is 4.90 Å². The van der Waals surface area contributed by atoms with Crippen molar-refractivity contribution in [3.8, 4) is 0 Å². The van der Waals surface area contributed by atoms with Crippen molar-refractivity contribution in [2.75, 3.05) is 32.1 Å². The Hall–Kier alpha value is -0.910. The van der Waals surface area contributed by atoms with Gasteiger partial charge in [-0.1, -0.05) is 30.3 Å². The van der Waals surface area contributed by atoms with Gasteiger partial charge in [-0.2, -0.15) is 0 Å². The summed E-state index contributed by atoms with van der Waals surface area (Å²) in [6, 6.07) is 9.67. The molecule has 4 nitrogen and oxygen atoms in total. The van der Waals surface area contributed by atoms with Gasteiger partial charge < -0.3 is 4.74 Å². The lowest BCUT2D eigenvalue weighted by Crippen LogP contribution is -2.58. The first kappa shape index (κ1) is 12.1. The highest BCUT2D eigenvalue weighted by atomic mass is 32.2. The first-order valence-corrected chi connectivity index (χ1v) is 7.98. The van der Waals surface area contributed by atoms with Crippen LogP contribution in [0.1, 0.15) is 10.8 Å². The zero-order chi connectivity index (χ0) is 12.6. The van der Waals surface area contributed by atoms with Crippen molar-refractivity contribution in [2.24, 2.45) is 0 Å². The van der Waals surface area contributed by atoms with Crippen LogP contribution in [0, 0.1) is 0 Å². The van der Waals surface area contributed by atoms with Crippen molar-refractivity contribution in [1.29, 1.82) is 0 Å². The number of morpholine rings is 1. The van der Waals surface area contributed by atoms with E-state index in [-0.39, 0.29) is 17.0 Å². The average molecular weight is 267 g/mol. The molecule has 2 saturated heterocycles. The number of hydrogen-bond acceptors (Lipinski definition) is 4. The van der Waals surface area contributed by atoms with E-state index in [0.717, 1.165) is 18.7 Å². The van der Waals surface area contributed by atoms with E-state index in [1.165, 1.54) is 0 Å². The summed E-state index contributed by atoms with van der Waals surface area (Å²) >= 11 is 0. The number of nitrogens with zero attached hydrogens (tertiary/aromatic N) is 1. The molecule has 3 rings (SSSR count). The van der Waals surface area contributed by atoms with Gasteiger partial charge in [0.25, 0.3) is 0 Å². The summed E-state index contributed by atoms with van der Waals surface area (Å²) in [6.45, 7) is 3.09. The van der Waals surface area contributed by atoms with Crippen LogP contribution in [0.3, 0.4) is 0 Å². The minimum atomic E-state index is -2.96. The van der Waals surface area contributed by atoms with E-state index in [0.29, 0.717) is 13.2 Å². The van der Waals surface area contributed by atoms with Crippen LogP contribution in [0.15, 0.2) is 30.3 Å². The van der Waals surface area contributed by atoms with Crippen LogP contribution in [-0.4, -0.2) is 51.4 Å². The van der Waals surface area contributed by atoms with Crippen molar-refractivity contribution in [1.82, 2.24) is 4.90 Å². The average Bonchev–Trinajstić information content (AvgIpc) is 2.38. The van der Waals surface area contributed by atoms with Gasteiger partial charge in [0, 0.05) is 19.1 Å². The quantitative estimate of drug-likeness (QED) is 0.797. The van der Waals surface area contributed by atoms with Crippen molar-refractivity contribution >= 4 is 9.84 Å². The van der Waals surface area contributed by atoms with Crippen LogP contribution in [0.4, 0.5) is 0 Å². The molecule has 0 aliphatic carbocycles. The standard InChI is InChI=1S/C13H17NO3S/c15-18(16)10-12(14-6-8-17-9-7-14)13(18)11-4-2-1-3-5-11/h1-5,12-13H,6-10H2/t12-,13+/m0/s1. The lowest BCUT2D eigenvalue weighted by Gasteiger charge is -2.45. The second kappa shape index (κ2) is 4.64.